The van der Waals surface area contributed by atoms with E-state index in [9.17, 15) is 0 Å². The molecule has 2 nitrogen and oxygen atoms in total. The number of ether oxygens (including phenoxy) is 1. The van der Waals surface area contributed by atoms with Gasteiger partial charge in [0.05, 0.1) is 5.60 Å². The minimum absolute atomic E-state index is 0.0461. The van der Waals surface area contributed by atoms with E-state index < -0.39 is 0 Å². The predicted octanol–water partition coefficient (Wildman–Crippen LogP) is 2.32. The molecule has 1 fully saturated rings. The van der Waals surface area contributed by atoms with E-state index in [1.807, 2.05) is 0 Å². The summed E-state index contributed by atoms with van der Waals surface area (Å²) < 4.78 is 5.61. The standard InChI is InChI=1S/C11H23NO/c1-9(12)11(13-4)7-5-10(2,3)6-8-11/h9H,5-8,12H2,1-4H3/t9-/m0/s1. The van der Waals surface area contributed by atoms with Crippen molar-refractivity contribution in [1.29, 1.82) is 0 Å². The molecule has 0 radical (unpaired) electrons. The van der Waals surface area contributed by atoms with Crippen LogP contribution in [0, 0.1) is 5.41 Å². The van der Waals surface area contributed by atoms with Gasteiger partial charge >= 0.3 is 0 Å². The zero-order chi connectivity index (χ0) is 10.1. The monoisotopic (exact) mass is 185 g/mol. The highest BCUT2D eigenvalue weighted by Gasteiger charge is 2.40. The fraction of sp³-hybridized carbons (Fsp3) is 1.00. The first-order chi connectivity index (χ1) is 5.92. The van der Waals surface area contributed by atoms with Crippen molar-refractivity contribution in [2.45, 2.75) is 58.1 Å². The van der Waals surface area contributed by atoms with E-state index in [1.54, 1.807) is 7.11 Å². The van der Waals surface area contributed by atoms with E-state index in [2.05, 4.69) is 20.8 Å². The minimum atomic E-state index is -0.0461. The van der Waals surface area contributed by atoms with Gasteiger partial charge in [-0.25, -0.2) is 0 Å². The molecule has 0 amide bonds. The fourth-order valence-corrected chi connectivity index (χ4v) is 2.20. The Morgan fingerprint density at radius 3 is 1.92 bits per heavy atom. The highest BCUT2D eigenvalue weighted by molar-refractivity contribution is 4.95. The molecule has 1 atom stereocenters. The molecule has 13 heavy (non-hydrogen) atoms. The van der Waals surface area contributed by atoms with E-state index in [-0.39, 0.29) is 11.6 Å². The van der Waals surface area contributed by atoms with Gasteiger partial charge in [-0.1, -0.05) is 13.8 Å². The average molecular weight is 185 g/mol. The third-order valence-corrected chi connectivity index (χ3v) is 3.69. The molecule has 1 aliphatic rings. The van der Waals surface area contributed by atoms with Crippen LogP contribution in [0.1, 0.15) is 46.5 Å². The summed E-state index contributed by atoms with van der Waals surface area (Å²) in [6.45, 7) is 6.71. The SMILES string of the molecule is COC1([C@H](C)N)CCC(C)(C)CC1. The molecule has 2 heteroatoms. The van der Waals surface area contributed by atoms with Gasteiger partial charge in [0.2, 0.25) is 0 Å². The smallest absolute Gasteiger partial charge is 0.0826 e. The van der Waals surface area contributed by atoms with Crippen LogP contribution in [0.3, 0.4) is 0 Å². The van der Waals surface area contributed by atoms with Crippen molar-refractivity contribution in [2.75, 3.05) is 7.11 Å². The van der Waals surface area contributed by atoms with Gasteiger partial charge in [0.1, 0.15) is 0 Å². The molecule has 0 aliphatic heterocycles. The van der Waals surface area contributed by atoms with Crippen LogP contribution in [0.5, 0.6) is 0 Å². The Bertz CT molecular complexity index is 165. The van der Waals surface area contributed by atoms with Crippen molar-refractivity contribution in [2.24, 2.45) is 11.1 Å². The topological polar surface area (TPSA) is 35.2 Å². The molecule has 0 saturated heterocycles. The molecule has 1 rings (SSSR count). The second kappa shape index (κ2) is 3.58. The van der Waals surface area contributed by atoms with Gasteiger partial charge in [0, 0.05) is 13.2 Å². The van der Waals surface area contributed by atoms with Crippen molar-refractivity contribution < 1.29 is 4.74 Å². The summed E-state index contributed by atoms with van der Waals surface area (Å²) in [6.07, 6.45) is 4.66. The highest BCUT2D eigenvalue weighted by atomic mass is 16.5. The summed E-state index contributed by atoms with van der Waals surface area (Å²) in [7, 11) is 1.79. The first kappa shape index (κ1) is 11.0. The van der Waals surface area contributed by atoms with Gasteiger partial charge in [0.25, 0.3) is 0 Å². The van der Waals surface area contributed by atoms with Crippen LogP contribution in [-0.2, 0) is 4.74 Å². The lowest BCUT2D eigenvalue weighted by Gasteiger charge is -2.44. The first-order valence-electron chi connectivity index (χ1n) is 5.23. The average Bonchev–Trinajstić information content (AvgIpc) is 2.05. The van der Waals surface area contributed by atoms with Gasteiger partial charge in [-0.2, -0.15) is 0 Å². The molecule has 1 saturated carbocycles. The van der Waals surface area contributed by atoms with Gasteiger partial charge in [-0.15, -0.1) is 0 Å². The lowest BCUT2D eigenvalue weighted by atomic mass is 9.69. The van der Waals surface area contributed by atoms with Gasteiger partial charge in [-0.05, 0) is 38.0 Å². The van der Waals surface area contributed by atoms with Crippen LogP contribution in [0.2, 0.25) is 0 Å². The van der Waals surface area contributed by atoms with Crippen molar-refractivity contribution in [3.05, 3.63) is 0 Å². The zero-order valence-corrected chi connectivity index (χ0v) is 9.39. The largest absolute Gasteiger partial charge is 0.377 e. The van der Waals surface area contributed by atoms with Crippen molar-refractivity contribution >= 4 is 0 Å². The molecule has 0 bridgehead atoms. The van der Waals surface area contributed by atoms with E-state index >= 15 is 0 Å². The number of hydrogen-bond acceptors (Lipinski definition) is 2. The van der Waals surface area contributed by atoms with E-state index in [0.717, 1.165) is 12.8 Å². The number of rotatable bonds is 2. The molecular weight excluding hydrogens is 162 g/mol. The van der Waals surface area contributed by atoms with Crippen molar-refractivity contribution in [3.63, 3.8) is 0 Å². The molecular formula is C11H23NO. The van der Waals surface area contributed by atoms with Crippen molar-refractivity contribution in [3.8, 4) is 0 Å². The maximum Gasteiger partial charge on any atom is 0.0826 e. The molecule has 78 valence electrons. The highest BCUT2D eigenvalue weighted by Crippen LogP contribution is 2.42. The third-order valence-electron chi connectivity index (χ3n) is 3.69. The quantitative estimate of drug-likeness (QED) is 0.716. The third kappa shape index (κ3) is 2.23. The van der Waals surface area contributed by atoms with Crippen molar-refractivity contribution in [1.82, 2.24) is 0 Å². The van der Waals surface area contributed by atoms with Gasteiger partial charge in [-0.3, -0.25) is 0 Å². The first-order valence-corrected chi connectivity index (χ1v) is 5.23. The second-order valence-electron chi connectivity index (χ2n) is 5.22. The maximum atomic E-state index is 5.98. The molecule has 0 aromatic rings. The summed E-state index contributed by atoms with van der Waals surface area (Å²) in [4.78, 5) is 0. The van der Waals surface area contributed by atoms with Crippen LogP contribution in [0.25, 0.3) is 0 Å². The van der Waals surface area contributed by atoms with Gasteiger partial charge < -0.3 is 10.5 Å². The Balaban J connectivity index is 2.63. The lowest BCUT2D eigenvalue weighted by molar-refractivity contribution is -0.0746. The molecule has 0 aromatic carbocycles. The van der Waals surface area contributed by atoms with Crippen LogP contribution >= 0.6 is 0 Å². The van der Waals surface area contributed by atoms with Crippen LogP contribution < -0.4 is 5.73 Å². The number of methoxy groups -OCH3 is 1. The number of nitrogens with two attached hydrogens (primary N) is 1. The predicted molar refractivity (Wildman–Crippen MR) is 55.6 cm³/mol. The minimum Gasteiger partial charge on any atom is -0.377 e. The molecule has 0 spiro atoms. The van der Waals surface area contributed by atoms with Crippen LogP contribution in [-0.4, -0.2) is 18.8 Å². The van der Waals surface area contributed by atoms with Crippen LogP contribution in [0.4, 0.5) is 0 Å². The molecule has 0 heterocycles. The van der Waals surface area contributed by atoms with E-state index in [0.29, 0.717) is 5.41 Å². The Hall–Kier alpha value is -0.0800. The number of hydrogen-bond donors (Lipinski definition) is 1. The molecule has 1 aliphatic carbocycles. The summed E-state index contributed by atoms with van der Waals surface area (Å²) in [5.41, 5.74) is 6.41. The molecule has 0 unspecified atom stereocenters. The Labute approximate surface area is 81.8 Å². The summed E-state index contributed by atoms with van der Waals surface area (Å²) in [5.74, 6) is 0. The Morgan fingerprint density at radius 2 is 1.62 bits per heavy atom. The summed E-state index contributed by atoms with van der Waals surface area (Å²) in [6, 6.07) is 0.147. The van der Waals surface area contributed by atoms with Gasteiger partial charge in [0.15, 0.2) is 0 Å². The Kier molecular flexibility index (Phi) is 3.03. The zero-order valence-electron chi connectivity index (χ0n) is 9.39. The van der Waals surface area contributed by atoms with E-state index in [4.69, 9.17) is 10.5 Å². The summed E-state index contributed by atoms with van der Waals surface area (Å²) in [5, 5.41) is 0. The maximum absolute atomic E-state index is 5.98. The van der Waals surface area contributed by atoms with Crippen LogP contribution in [0.15, 0.2) is 0 Å². The normalized spacial score (nSPS) is 28.4. The lowest BCUT2D eigenvalue weighted by Crippen LogP contribution is -2.51. The molecule has 0 aromatic heterocycles. The second-order valence-corrected chi connectivity index (χ2v) is 5.22. The summed E-state index contributed by atoms with van der Waals surface area (Å²) >= 11 is 0. The molecule has 2 N–H and O–H groups in total. The Morgan fingerprint density at radius 1 is 1.15 bits per heavy atom. The fourth-order valence-electron chi connectivity index (χ4n) is 2.20. The van der Waals surface area contributed by atoms with E-state index in [1.165, 1.54) is 12.8 Å².